The van der Waals surface area contributed by atoms with Crippen molar-refractivity contribution < 1.29 is 18.0 Å². The van der Waals surface area contributed by atoms with Crippen molar-refractivity contribution in [3.8, 4) is 0 Å². The highest BCUT2D eigenvalue weighted by atomic mass is 32.1. The number of amides is 2. The van der Waals surface area contributed by atoms with E-state index in [2.05, 4.69) is 20.5 Å². The molecule has 9 heteroatoms. The maximum atomic E-state index is 12.6. The number of carbonyl (C=O) groups excluding carboxylic acids is 1. The summed E-state index contributed by atoms with van der Waals surface area (Å²) in [7, 11) is 0. The molecule has 1 fully saturated rings. The summed E-state index contributed by atoms with van der Waals surface area (Å²) in [4.78, 5) is 18.0. The van der Waals surface area contributed by atoms with Crippen molar-refractivity contribution in [1.82, 2.24) is 15.2 Å². The summed E-state index contributed by atoms with van der Waals surface area (Å²) in [5.74, 6) is 0. The van der Waals surface area contributed by atoms with Crippen LogP contribution in [0.1, 0.15) is 30.1 Å². The summed E-state index contributed by atoms with van der Waals surface area (Å²) in [6, 6.07) is 8.70. The molecule has 2 N–H and O–H groups in total. The first-order valence-electron chi connectivity index (χ1n) is 8.29. The van der Waals surface area contributed by atoms with Crippen molar-refractivity contribution >= 4 is 22.5 Å². The first kappa shape index (κ1) is 18.7. The summed E-state index contributed by atoms with van der Waals surface area (Å²) >= 11 is 0.747. The Morgan fingerprint density at radius 1 is 1.23 bits per heavy atom. The van der Waals surface area contributed by atoms with Crippen LogP contribution in [0, 0.1) is 0 Å². The van der Waals surface area contributed by atoms with Crippen molar-refractivity contribution in [2.45, 2.75) is 25.1 Å². The molecule has 1 aliphatic heterocycles. The van der Waals surface area contributed by atoms with Crippen LogP contribution in [0.25, 0.3) is 0 Å². The molecule has 5 nitrogen and oxygen atoms in total. The Morgan fingerprint density at radius 3 is 2.54 bits per heavy atom. The molecule has 1 aromatic carbocycles. The zero-order valence-electron chi connectivity index (χ0n) is 13.9. The Balaban J connectivity index is 1.65. The van der Waals surface area contributed by atoms with Crippen LogP contribution in [0.15, 0.2) is 35.7 Å². The molecule has 26 heavy (non-hydrogen) atoms. The van der Waals surface area contributed by atoms with E-state index >= 15 is 0 Å². The fraction of sp³-hybridized carbons (Fsp3) is 0.412. The SMILES string of the molecule is O=C(Nc1nc(C(F)(F)F)cs1)N[C@H](CN1CCCC1)c1ccccc1. The quantitative estimate of drug-likeness (QED) is 0.815. The molecule has 140 valence electrons. The summed E-state index contributed by atoms with van der Waals surface area (Å²) in [6.07, 6.45) is -2.25. The number of benzene rings is 1. The van der Waals surface area contributed by atoms with Crippen molar-refractivity contribution in [2.75, 3.05) is 25.0 Å². The fourth-order valence-corrected chi connectivity index (χ4v) is 3.61. The maximum absolute atomic E-state index is 12.6. The third-order valence-corrected chi connectivity index (χ3v) is 4.92. The number of nitrogens with zero attached hydrogens (tertiary/aromatic N) is 2. The van der Waals surface area contributed by atoms with Crippen molar-refractivity contribution in [1.29, 1.82) is 0 Å². The molecule has 3 rings (SSSR count). The minimum absolute atomic E-state index is 0.0807. The molecule has 1 aliphatic rings. The zero-order valence-corrected chi connectivity index (χ0v) is 14.7. The lowest BCUT2D eigenvalue weighted by Crippen LogP contribution is -2.39. The second-order valence-corrected chi connectivity index (χ2v) is 6.96. The second-order valence-electron chi connectivity index (χ2n) is 6.11. The van der Waals surface area contributed by atoms with E-state index < -0.39 is 17.9 Å². The van der Waals surface area contributed by atoms with E-state index in [9.17, 15) is 18.0 Å². The third kappa shape index (κ3) is 4.95. The lowest BCUT2D eigenvalue weighted by Gasteiger charge is -2.24. The Hall–Kier alpha value is -2.13. The molecule has 2 heterocycles. The average Bonchev–Trinajstić information content (AvgIpc) is 3.26. The number of likely N-dealkylation sites (tertiary alicyclic amines) is 1. The number of nitrogens with one attached hydrogen (secondary N) is 2. The first-order chi connectivity index (χ1) is 12.4. The highest BCUT2D eigenvalue weighted by Crippen LogP contribution is 2.31. The average molecular weight is 384 g/mol. The van der Waals surface area contributed by atoms with Gasteiger partial charge in [0.2, 0.25) is 0 Å². The smallest absolute Gasteiger partial charge is 0.330 e. The number of carbonyl (C=O) groups is 1. The molecule has 0 saturated carbocycles. The van der Waals surface area contributed by atoms with Gasteiger partial charge in [0.15, 0.2) is 10.8 Å². The standard InChI is InChI=1S/C17H19F3N4OS/c18-17(19,20)14-11-26-16(22-14)23-15(25)21-13(10-24-8-4-5-9-24)12-6-2-1-3-7-12/h1-3,6-7,11,13H,4-5,8-10H2,(H2,21,22,23,25)/t13-/m1/s1. The highest BCUT2D eigenvalue weighted by molar-refractivity contribution is 7.13. The van der Waals surface area contributed by atoms with Gasteiger partial charge < -0.3 is 10.2 Å². The number of aromatic nitrogens is 1. The molecule has 0 bridgehead atoms. The molecule has 2 aromatic rings. The monoisotopic (exact) mass is 384 g/mol. The molecule has 0 aliphatic carbocycles. The molecular weight excluding hydrogens is 365 g/mol. The predicted octanol–water partition coefficient (Wildman–Crippen LogP) is 4.12. The molecular formula is C17H19F3N4OS. The number of urea groups is 1. The Morgan fingerprint density at radius 2 is 1.92 bits per heavy atom. The molecule has 0 radical (unpaired) electrons. The molecule has 2 amide bonds. The number of hydrogen-bond donors (Lipinski definition) is 2. The Labute approximate surface area is 153 Å². The summed E-state index contributed by atoms with van der Waals surface area (Å²) in [5, 5.41) is 6.05. The minimum Gasteiger partial charge on any atom is -0.330 e. The van der Waals surface area contributed by atoms with Crippen molar-refractivity contribution in [3.63, 3.8) is 0 Å². The molecule has 1 atom stereocenters. The van der Waals surface area contributed by atoms with E-state index in [1.54, 1.807) is 0 Å². The van der Waals surface area contributed by atoms with Crippen LogP contribution < -0.4 is 10.6 Å². The van der Waals surface area contributed by atoms with Crippen LogP contribution in [0.3, 0.4) is 0 Å². The lowest BCUT2D eigenvalue weighted by atomic mass is 10.1. The van der Waals surface area contributed by atoms with E-state index in [-0.39, 0.29) is 11.2 Å². The number of anilines is 1. The lowest BCUT2D eigenvalue weighted by molar-refractivity contribution is -0.140. The second kappa shape index (κ2) is 8.05. The van der Waals surface area contributed by atoms with Gasteiger partial charge in [-0.25, -0.2) is 9.78 Å². The summed E-state index contributed by atoms with van der Waals surface area (Å²) in [5.41, 5.74) is -0.0563. The normalized spacial score (nSPS) is 16.4. The van der Waals surface area contributed by atoms with Crippen LogP contribution >= 0.6 is 11.3 Å². The Bertz CT molecular complexity index is 729. The number of hydrogen-bond acceptors (Lipinski definition) is 4. The van der Waals surface area contributed by atoms with E-state index in [1.165, 1.54) is 0 Å². The largest absolute Gasteiger partial charge is 0.434 e. The molecule has 0 spiro atoms. The molecule has 1 saturated heterocycles. The number of halogens is 3. The number of thiazole rings is 1. The first-order valence-corrected chi connectivity index (χ1v) is 9.17. The van der Waals surface area contributed by atoms with Gasteiger partial charge >= 0.3 is 12.2 Å². The van der Waals surface area contributed by atoms with E-state index in [0.717, 1.165) is 48.2 Å². The van der Waals surface area contributed by atoms with E-state index in [1.807, 2.05) is 30.3 Å². The molecule has 1 aromatic heterocycles. The van der Waals surface area contributed by atoms with Crippen LogP contribution in [0.5, 0.6) is 0 Å². The van der Waals surface area contributed by atoms with E-state index in [4.69, 9.17) is 0 Å². The van der Waals surface area contributed by atoms with Gasteiger partial charge in [0.25, 0.3) is 0 Å². The molecule has 0 unspecified atom stereocenters. The van der Waals surface area contributed by atoms with Crippen molar-refractivity contribution in [2.24, 2.45) is 0 Å². The van der Waals surface area contributed by atoms with Gasteiger partial charge in [-0.05, 0) is 31.5 Å². The number of alkyl halides is 3. The van der Waals surface area contributed by atoms with Crippen molar-refractivity contribution in [3.05, 3.63) is 47.0 Å². The van der Waals surface area contributed by atoms with E-state index in [0.29, 0.717) is 6.54 Å². The topological polar surface area (TPSA) is 57.3 Å². The Kier molecular flexibility index (Phi) is 5.77. The van der Waals surface area contributed by atoms with Crippen LogP contribution in [-0.4, -0.2) is 35.5 Å². The van der Waals surface area contributed by atoms with Gasteiger partial charge in [-0.15, -0.1) is 11.3 Å². The maximum Gasteiger partial charge on any atom is 0.434 e. The predicted molar refractivity (Wildman–Crippen MR) is 94.1 cm³/mol. The fourth-order valence-electron chi connectivity index (χ4n) is 2.90. The summed E-state index contributed by atoms with van der Waals surface area (Å²) < 4.78 is 37.8. The van der Waals surface area contributed by atoms with Crippen LogP contribution in [0.2, 0.25) is 0 Å². The van der Waals surface area contributed by atoms with Gasteiger partial charge in [-0.1, -0.05) is 30.3 Å². The van der Waals surface area contributed by atoms with Gasteiger partial charge in [-0.2, -0.15) is 13.2 Å². The number of rotatable bonds is 5. The zero-order chi connectivity index (χ0) is 18.6. The van der Waals surface area contributed by atoms with Crippen LogP contribution in [0.4, 0.5) is 23.1 Å². The summed E-state index contributed by atoms with van der Waals surface area (Å²) in [6.45, 7) is 2.62. The van der Waals surface area contributed by atoms with Gasteiger partial charge in [0.05, 0.1) is 6.04 Å². The third-order valence-electron chi connectivity index (χ3n) is 4.16. The van der Waals surface area contributed by atoms with Crippen LogP contribution in [-0.2, 0) is 6.18 Å². The van der Waals surface area contributed by atoms with Gasteiger partial charge in [0, 0.05) is 11.9 Å². The highest BCUT2D eigenvalue weighted by Gasteiger charge is 2.34. The minimum atomic E-state index is -4.52. The van der Waals surface area contributed by atoms with Gasteiger partial charge in [-0.3, -0.25) is 5.32 Å². The van der Waals surface area contributed by atoms with Gasteiger partial charge in [0.1, 0.15) is 0 Å².